The molecule has 1 aromatic heterocycles. The second-order valence-electron chi connectivity index (χ2n) is 5.84. The van der Waals surface area contributed by atoms with Crippen LogP contribution < -0.4 is 5.43 Å². The van der Waals surface area contributed by atoms with Gasteiger partial charge in [0.05, 0.1) is 12.3 Å². The van der Waals surface area contributed by atoms with Crippen molar-refractivity contribution in [3.05, 3.63) is 95.8 Å². The van der Waals surface area contributed by atoms with E-state index < -0.39 is 0 Å². The van der Waals surface area contributed by atoms with Gasteiger partial charge in [0.25, 0.3) is 5.91 Å². The summed E-state index contributed by atoms with van der Waals surface area (Å²) in [7, 11) is 0. The van der Waals surface area contributed by atoms with Crippen LogP contribution in [0.15, 0.2) is 84.2 Å². The van der Waals surface area contributed by atoms with E-state index in [1.54, 1.807) is 12.3 Å². The molecule has 1 N–H and O–H groups in total. The summed E-state index contributed by atoms with van der Waals surface area (Å²) in [6.45, 7) is 2.46. The van der Waals surface area contributed by atoms with Crippen LogP contribution in [-0.2, 0) is 6.54 Å². The smallest absolute Gasteiger partial charge is 0.268 e. The van der Waals surface area contributed by atoms with E-state index in [9.17, 15) is 4.79 Å². The van der Waals surface area contributed by atoms with Crippen molar-refractivity contribution < 1.29 is 4.79 Å². The van der Waals surface area contributed by atoms with Crippen molar-refractivity contribution in [1.29, 1.82) is 0 Å². The Morgan fingerprint density at radius 1 is 1.15 bits per heavy atom. The summed E-state index contributed by atoms with van der Waals surface area (Å²) < 4.78 is 1.81. The molecular formula is C21H20N4O. The number of carbonyl (C=O) groups excluding carboxylic acids is 1. The minimum absolute atomic E-state index is 0.236. The fourth-order valence-electron chi connectivity index (χ4n) is 2.41. The number of hydrazone groups is 1. The maximum Gasteiger partial charge on any atom is 0.271 e. The van der Waals surface area contributed by atoms with E-state index in [0.29, 0.717) is 12.1 Å². The quantitative estimate of drug-likeness (QED) is 0.547. The molecule has 5 nitrogen and oxygen atoms in total. The van der Waals surface area contributed by atoms with Gasteiger partial charge in [0.2, 0.25) is 0 Å². The Morgan fingerprint density at radius 2 is 2.00 bits per heavy atom. The van der Waals surface area contributed by atoms with E-state index in [1.165, 1.54) is 0 Å². The Morgan fingerprint density at radius 3 is 2.77 bits per heavy atom. The van der Waals surface area contributed by atoms with Crippen LogP contribution in [0.5, 0.6) is 0 Å². The van der Waals surface area contributed by atoms with E-state index in [1.807, 2.05) is 84.6 Å². The number of hydrogen-bond donors (Lipinski definition) is 1. The summed E-state index contributed by atoms with van der Waals surface area (Å²) in [6, 6.07) is 19.3. The summed E-state index contributed by atoms with van der Waals surface area (Å²) in [5.74, 6) is -0.236. The zero-order chi connectivity index (χ0) is 18.2. The lowest BCUT2D eigenvalue weighted by Crippen LogP contribution is -2.19. The van der Waals surface area contributed by atoms with E-state index in [2.05, 4.69) is 15.6 Å². The lowest BCUT2D eigenvalue weighted by atomic mass is 10.1. The van der Waals surface area contributed by atoms with Gasteiger partial charge in [0.1, 0.15) is 0 Å². The fraction of sp³-hybridized carbons (Fsp3) is 0.0952. The first-order chi connectivity index (χ1) is 12.7. The predicted molar refractivity (Wildman–Crippen MR) is 104 cm³/mol. The van der Waals surface area contributed by atoms with Crippen LogP contribution in [0.3, 0.4) is 0 Å². The monoisotopic (exact) mass is 344 g/mol. The molecule has 0 unspecified atom stereocenters. The van der Waals surface area contributed by atoms with Crippen molar-refractivity contribution >= 4 is 17.7 Å². The van der Waals surface area contributed by atoms with Crippen LogP contribution in [0.25, 0.3) is 6.08 Å². The first kappa shape index (κ1) is 17.4. The molecule has 26 heavy (non-hydrogen) atoms. The average Bonchev–Trinajstić information content (AvgIpc) is 3.18. The minimum Gasteiger partial charge on any atom is -0.268 e. The van der Waals surface area contributed by atoms with Gasteiger partial charge < -0.3 is 0 Å². The van der Waals surface area contributed by atoms with Crippen LogP contribution >= 0.6 is 0 Å². The summed E-state index contributed by atoms with van der Waals surface area (Å²) in [5, 5.41) is 8.31. The standard InChI is InChI=1S/C21H20N4O/c1-17(11-12-18-7-3-2-4-8-18)23-24-21(26)20-10-5-9-19(15-20)16-25-14-6-13-22-25/h2-15H,16H2,1H3,(H,24,26)/b12-11+,23-17+. The predicted octanol–water partition coefficient (Wildman–Crippen LogP) is 3.75. The maximum atomic E-state index is 12.3. The second kappa shape index (κ2) is 8.58. The van der Waals surface area contributed by atoms with Crippen molar-refractivity contribution in [1.82, 2.24) is 15.2 Å². The minimum atomic E-state index is -0.236. The highest BCUT2D eigenvalue weighted by atomic mass is 16.2. The molecule has 0 radical (unpaired) electrons. The lowest BCUT2D eigenvalue weighted by molar-refractivity contribution is 0.0954. The molecule has 1 heterocycles. The first-order valence-corrected chi connectivity index (χ1v) is 8.35. The van der Waals surface area contributed by atoms with Gasteiger partial charge in [0, 0.05) is 18.0 Å². The van der Waals surface area contributed by atoms with Gasteiger partial charge in [-0.05, 0) is 42.3 Å². The van der Waals surface area contributed by atoms with Gasteiger partial charge in [0.15, 0.2) is 0 Å². The molecule has 0 bridgehead atoms. The topological polar surface area (TPSA) is 59.3 Å². The molecule has 1 amide bonds. The molecule has 0 atom stereocenters. The fourth-order valence-corrected chi connectivity index (χ4v) is 2.41. The number of nitrogens with one attached hydrogen (secondary N) is 1. The number of carbonyl (C=O) groups is 1. The van der Waals surface area contributed by atoms with Gasteiger partial charge in [-0.2, -0.15) is 10.2 Å². The summed E-state index contributed by atoms with van der Waals surface area (Å²) in [4.78, 5) is 12.3. The number of rotatable bonds is 6. The van der Waals surface area contributed by atoms with E-state index in [-0.39, 0.29) is 5.91 Å². The largest absolute Gasteiger partial charge is 0.271 e. The second-order valence-corrected chi connectivity index (χ2v) is 5.84. The molecule has 0 saturated heterocycles. The molecular weight excluding hydrogens is 324 g/mol. The SMILES string of the molecule is CC(/C=C/c1ccccc1)=N\NC(=O)c1cccc(Cn2cccn2)c1. The van der Waals surface area contributed by atoms with Crippen LogP contribution in [0, 0.1) is 0 Å². The third kappa shape index (κ3) is 5.01. The molecule has 0 spiro atoms. The van der Waals surface area contributed by atoms with Crippen molar-refractivity contribution in [2.24, 2.45) is 5.10 Å². The van der Waals surface area contributed by atoms with Crippen molar-refractivity contribution in [2.75, 3.05) is 0 Å². The Hall–Kier alpha value is -3.47. The average molecular weight is 344 g/mol. The molecule has 130 valence electrons. The van der Waals surface area contributed by atoms with Gasteiger partial charge >= 0.3 is 0 Å². The van der Waals surface area contributed by atoms with Gasteiger partial charge in [-0.15, -0.1) is 0 Å². The Labute approximate surface area is 152 Å². The van der Waals surface area contributed by atoms with Crippen molar-refractivity contribution in [2.45, 2.75) is 13.5 Å². The zero-order valence-corrected chi connectivity index (χ0v) is 14.5. The highest BCUT2D eigenvalue weighted by molar-refractivity contribution is 5.99. The van der Waals surface area contributed by atoms with Crippen LogP contribution in [-0.4, -0.2) is 21.4 Å². The Balaban J connectivity index is 1.61. The van der Waals surface area contributed by atoms with E-state index in [4.69, 9.17) is 0 Å². The van der Waals surface area contributed by atoms with Gasteiger partial charge in [-0.3, -0.25) is 9.48 Å². The highest BCUT2D eigenvalue weighted by Crippen LogP contribution is 2.07. The molecule has 3 aromatic rings. The van der Waals surface area contributed by atoms with Crippen LogP contribution in [0.2, 0.25) is 0 Å². The molecule has 0 aliphatic heterocycles. The maximum absolute atomic E-state index is 12.3. The zero-order valence-electron chi connectivity index (χ0n) is 14.5. The third-order valence-electron chi connectivity index (χ3n) is 3.74. The first-order valence-electron chi connectivity index (χ1n) is 8.35. The summed E-state index contributed by atoms with van der Waals surface area (Å²) in [5.41, 5.74) is 5.97. The van der Waals surface area contributed by atoms with Gasteiger partial charge in [-0.1, -0.05) is 48.5 Å². The number of nitrogens with zero attached hydrogens (tertiary/aromatic N) is 3. The van der Waals surface area contributed by atoms with Gasteiger partial charge in [-0.25, -0.2) is 5.43 Å². The number of benzene rings is 2. The molecule has 2 aromatic carbocycles. The molecule has 0 aliphatic carbocycles. The highest BCUT2D eigenvalue weighted by Gasteiger charge is 2.05. The lowest BCUT2D eigenvalue weighted by Gasteiger charge is -2.05. The molecule has 3 rings (SSSR count). The summed E-state index contributed by atoms with van der Waals surface area (Å²) in [6.07, 6.45) is 7.44. The van der Waals surface area contributed by atoms with Crippen molar-refractivity contribution in [3.8, 4) is 0 Å². The number of hydrogen-bond acceptors (Lipinski definition) is 3. The molecule has 5 heteroatoms. The Bertz CT molecular complexity index is 912. The third-order valence-corrected chi connectivity index (χ3v) is 3.74. The van der Waals surface area contributed by atoms with E-state index in [0.717, 1.165) is 16.8 Å². The molecule has 0 fully saturated rings. The summed E-state index contributed by atoms with van der Waals surface area (Å²) >= 11 is 0. The van der Waals surface area contributed by atoms with Crippen molar-refractivity contribution in [3.63, 3.8) is 0 Å². The number of allylic oxidation sites excluding steroid dienone is 1. The number of aromatic nitrogens is 2. The van der Waals surface area contributed by atoms with Crippen LogP contribution in [0.1, 0.15) is 28.4 Å². The van der Waals surface area contributed by atoms with E-state index >= 15 is 0 Å². The number of amides is 1. The Kier molecular flexibility index (Phi) is 5.72. The van der Waals surface area contributed by atoms with Crippen LogP contribution in [0.4, 0.5) is 0 Å². The normalized spacial score (nSPS) is 11.7. The molecule has 0 aliphatic rings. The molecule has 0 saturated carbocycles.